The third-order valence-corrected chi connectivity index (χ3v) is 7.38. The molecule has 0 saturated heterocycles. The minimum atomic E-state index is -0.939. The first-order valence-corrected chi connectivity index (χ1v) is 11.9. The number of ether oxygens (including phenoxy) is 7. The second-order valence-corrected chi connectivity index (χ2v) is 9.18. The topological polar surface area (TPSA) is 102 Å². The van der Waals surface area contributed by atoms with Crippen LogP contribution in [0, 0.1) is 11.8 Å². The van der Waals surface area contributed by atoms with Gasteiger partial charge in [0.25, 0.3) is 0 Å². The Hall–Kier alpha value is -3.59. The van der Waals surface area contributed by atoms with Crippen molar-refractivity contribution in [1.29, 1.82) is 0 Å². The smallest absolute Gasteiger partial charge is 0.333 e. The molecule has 0 unspecified atom stereocenters. The van der Waals surface area contributed by atoms with Crippen molar-refractivity contribution in [2.45, 2.75) is 39.9 Å². The predicted molar refractivity (Wildman–Crippen MR) is 129 cm³/mol. The maximum atomic E-state index is 13.0. The second-order valence-electron chi connectivity index (χ2n) is 9.18. The van der Waals surface area contributed by atoms with Crippen LogP contribution in [-0.2, 0) is 9.53 Å². The number of hydrogen-bond donors (Lipinski definition) is 1. The maximum Gasteiger partial charge on any atom is 0.333 e. The van der Waals surface area contributed by atoms with E-state index in [1.807, 2.05) is 19.9 Å². The molecule has 36 heavy (non-hydrogen) atoms. The first kappa shape index (κ1) is 24.1. The molecule has 0 bridgehead atoms. The zero-order chi connectivity index (χ0) is 25.7. The van der Waals surface area contributed by atoms with Crippen molar-refractivity contribution < 1.29 is 43.1 Å². The monoisotopic (exact) mass is 498 g/mol. The molecule has 9 heteroatoms. The van der Waals surface area contributed by atoms with Gasteiger partial charge in [0.1, 0.15) is 6.10 Å². The van der Waals surface area contributed by atoms with Gasteiger partial charge in [0.15, 0.2) is 23.0 Å². The molecule has 192 valence electrons. The zero-order valence-corrected chi connectivity index (χ0v) is 21.2. The highest BCUT2D eigenvalue weighted by molar-refractivity contribution is 5.91. The van der Waals surface area contributed by atoms with Crippen LogP contribution < -0.4 is 28.4 Å². The number of aliphatic hydroxyl groups is 1. The van der Waals surface area contributed by atoms with Crippen molar-refractivity contribution in [1.82, 2.24) is 0 Å². The summed E-state index contributed by atoms with van der Waals surface area (Å²) >= 11 is 0. The van der Waals surface area contributed by atoms with E-state index in [2.05, 4.69) is 0 Å². The van der Waals surface area contributed by atoms with Crippen molar-refractivity contribution in [3.63, 3.8) is 0 Å². The van der Waals surface area contributed by atoms with E-state index < -0.39 is 18.2 Å². The molecule has 2 aromatic carbocycles. The average molecular weight is 499 g/mol. The SMILES string of the molecule is CC=C(C)C(=O)O[C@H]1c2cc3c(c(OC)c2-c2c(cc4c(c2OC)OCO4)[C@H](O)[C@H](C)[C@@H]1C)OCO3. The van der Waals surface area contributed by atoms with Crippen LogP contribution in [0.2, 0.25) is 0 Å². The van der Waals surface area contributed by atoms with E-state index in [-0.39, 0.29) is 25.4 Å². The summed E-state index contributed by atoms with van der Waals surface area (Å²) in [5.41, 5.74) is 2.84. The van der Waals surface area contributed by atoms with Gasteiger partial charge < -0.3 is 38.3 Å². The van der Waals surface area contributed by atoms with Gasteiger partial charge in [0, 0.05) is 28.2 Å². The molecule has 9 nitrogen and oxygen atoms in total. The lowest BCUT2D eigenvalue weighted by atomic mass is 9.74. The Kier molecular flexibility index (Phi) is 6.12. The molecule has 0 radical (unpaired) electrons. The van der Waals surface area contributed by atoms with E-state index >= 15 is 0 Å². The minimum absolute atomic E-state index is 0.0242. The number of fused-ring (bicyclic) bond motifs is 5. The van der Waals surface area contributed by atoms with E-state index in [4.69, 9.17) is 33.2 Å². The standard InChI is InChI=1S/C27H30O9/c1-7-12(2)27(29)36-22-14(4)13(3)21(28)15-8-17-23(34-10-32-17)25(30-5)19(15)20-16(22)9-18-24(26(20)31-6)35-11-33-18/h7-9,13-14,21-22,28H,10-11H2,1-6H3/t13-,14+,21-,22-/m1/s1. The molecular formula is C27H30O9. The van der Waals surface area contributed by atoms with Crippen molar-refractivity contribution in [2.24, 2.45) is 11.8 Å². The Morgan fingerprint density at radius 3 is 1.97 bits per heavy atom. The predicted octanol–water partition coefficient (Wildman–Crippen LogP) is 4.70. The summed E-state index contributed by atoms with van der Waals surface area (Å²) in [6.45, 7) is 7.42. The Balaban J connectivity index is 1.88. The minimum Gasteiger partial charge on any atom is -0.492 e. The summed E-state index contributed by atoms with van der Waals surface area (Å²) in [6.07, 6.45) is 0.0262. The largest absolute Gasteiger partial charge is 0.492 e. The molecule has 4 atom stereocenters. The number of hydrogen-bond acceptors (Lipinski definition) is 9. The maximum absolute atomic E-state index is 13.0. The molecule has 1 N–H and O–H groups in total. The Morgan fingerprint density at radius 2 is 1.44 bits per heavy atom. The van der Waals surface area contributed by atoms with E-state index in [1.165, 1.54) is 14.2 Å². The third kappa shape index (κ3) is 3.52. The summed E-state index contributed by atoms with van der Waals surface area (Å²) in [6, 6.07) is 3.59. The summed E-state index contributed by atoms with van der Waals surface area (Å²) < 4.78 is 40.7. The van der Waals surface area contributed by atoms with Gasteiger partial charge >= 0.3 is 5.97 Å². The summed E-state index contributed by atoms with van der Waals surface area (Å²) in [7, 11) is 3.06. The van der Waals surface area contributed by atoms with Gasteiger partial charge in [0.05, 0.1) is 20.3 Å². The molecule has 0 saturated carbocycles. The van der Waals surface area contributed by atoms with Gasteiger partial charge in [0.2, 0.25) is 25.1 Å². The molecule has 1 aliphatic carbocycles. The molecular weight excluding hydrogens is 468 g/mol. The molecule has 0 spiro atoms. The number of rotatable bonds is 4. The molecule has 2 aliphatic heterocycles. The normalized spacial score (nSPS) is 23.8. The number of benzene rings is 2. The molecule has 0 aromatic heterocycles. The van der Waals surface area contributed by atoms with Gasteiger partial charge in [-0.05, 0) is 37.5 Å². The fourth-order valence-electron chi connectivity index (χ4n) is 5.05. The van der Waals surface area contributed by atoms with Crippen LogP contribution in [-0.4, -0.2) is 38.9 Å². The van der Waals surface area contributed by atoms with Crippen molar-refractivity contribution in [3.05, 3.63) is 34.9 Å². The lowest BCUT2D eigenvalue weighted by molar-refractivity contribution is -0.149. The van der Waals surface area contributed by atoms with Crippen molar-refractivity contribution in [2.75, 3.05) is 27.8 Å². The highest BCUT2D eigenvalue weighted by Gasteiger charge is 2.43. The van der Waals surface area contributed by atoms with Crippen LogP contribution in [0.1, 0.15) is 51.0 Å². The van der Waals surface area contributed by atoms with Crippen LogP contribution >= 0.6 is 0 Å². The lowest BCUT2D eigenvalue weighted by Crippen LogP contribution is -2.29. The highest BCUT2D eigenvalue weighted by Crippen LogP contribution is 2.60. The molecule has 2 aromatic rings. The van der Waals surface area contributed by atoms with Crippen LogP contribution in [0.3, 0.4) is 0 Å². The summed E-state index contributed by atoms with van der Waals surface area (Å²) in [5, 5.41) is 11.6. The molecule has 0 fully saturated rings. The number of methoxy groups -OCH3 is 2. The van der Waals surface area contributed by atoms with Crippen LogP contribution in [0.15, 0.2) is 23.8 Å². The Bertz CT molecular complexity index is 1250. The summed E-state index contributed by atoms with van der Waals surface area (Å²) in [5.74, 6) is 1.53. The average Bonchev–Trinajstić information content (AvgIpc) is 3.56. The highest BCUT2D eigenvalue weighted by atomic mass is 16.7. The van der Waals surface area contributed by atoms with E-state index in [0.717, 1.165) is 0 Å². The fraction of sp³-hybridized carbons (Fsp3) is 0.444. The number of aliphatic hydroxyl groups excluding tert-OH is 1. The van der Waals surface area contributed by atoms with E-state index in [1.54, 1.807) is 26.0 Å². The van der Waals surface area contributed by atoms with Gasteiger partial charge in [-0.25, -0.2) is 4.79 Å². The molecule has 3 aliphatic rings. The van der Waals surface area contributed by atoms with Gasteiger partial charge in [-0.15, -0.1) is 0 Å². The number of carbonyl (C=O) groups is 1. The number of allylic oxidation sites excluding steroid dienone is 1. The second kappa shape index (κ2) is 9.13. The van der Waals surface area contributed by atoms with Crippen LogP contribution in [0.25, 0.3) is 11.1 Å². The lowest BCUT2D eigenvalue weighted by Gasteiger charge is -2.37. The van der Waals surface area contributed by atoms with Gasteiger partial charge in [-0.2, -0.15) is 0 Å². The van der Waals surface area contributed by atoms with Crippen LogP contribution in [0.4, 0.5) is 0 Å². The number of esters is 1. The third-order valence-electron chi connectivity index (χ3n) is 7.38. The molecule has 0 amide bonds. The molecule has 5 rings (SSSR count). The van der Waals surface area contributed by atoms with E-state index in [0.29, 0.717) is 62.3 Å². The van der Waals surface area contributed by atoms with Crippen LogP contribution in [0.5, 0.6) is 34.5 Å². The van der Waals surface area contributed by atoms with Crippen molar-refractivity contribution in [3.8, 4) is 45.6 Å². The number of carbonyl (C=O) groups excluding carboxylic acids is 1. The van der Waals surface area contributed by atoms with E-state index in [9.17, 15) is 9.90 Å². The zero-order valence-electron chi connectivity index (χ0n) is 21.2. The molecule has 2 heterocycles. The summed E-state index contributed by atoms with van der Waals surface area (Å²) in [4.78, 5) is 13.0. The first-order chi connectivity index (χ1) is 17.3. The Morgan fingerprint density at radius 1 is 0.917 bits per heavy atom. The van der Waals surface area contributed by atoms with Crippen molar-refractivity contribution >= 4 is 5.97 Å². The quantitative estimate of drug-likeness (QED) is 0.475. The Labute approximate surface area is 209 Å². The van der Waals surface area contributed by atoms with Gasteiger partial charge in [-0.1, -0.05) is 19.9 Å². The van der Waals surface area contributed by atoms with Gasteiger partial charge in [-0.3, -0.25) is 0 Å². The fourth-order valence-corrected chi connectivity index (χ4v) is 5.05. The first-order valence-electron chi connectivity index (χ1n) is 11.9.